The lowest BCUT2D eigenvalue weighted by Crippen LogP contribution is -2.15. The molecule has 0 spiro atoms. The largest absolute Gasteiger partial charge is 0.485 e. The van der Waals surface area contributed by atoms with Crippen molar-refractivity contribution < 1.29 is 4.74 Å². The Labute approximate surface area is 304 Å². The summed E-state index contributed by atoms with van der Waals surface area (Å²) in [6, 6.07) is 40.0. The molecule has 0 bridgehead atoms. The van der Waals surface area contributed by atoms with E-state index in [1.54, 1.807) is 12.1 Å². The molecule has 6 aromatic carbocycles. The molecule has 7 nitrogen and oxygen atoms in total. The van der Waals surface area contributed by atoms with Gasteiger partial charge in [0.1, 0.15) is 17.9 Å². The van der Waals surface area contributed by atoms with Gasteiger partial charge in [0.25, 0.3) is 0 Å². The fraction of sp³-hybridized carbons (Fsp3) is 0.0435. The van der Waals surface area contributed by atoms with Crippen LogP contribution in [0.2, 0.25) is 0 Å². The first-order valence-corrected chi connectivity index (χ1v) is 17.1. The van der Waals surface area contributed by atoms with Crippen molar-refractivity contribution in [2.45, 2.75) is 12.0 Å². The summed E-state index contributed by atoms with van der Waals surface area (Å²) in [5, 5.41) is 25.7. The van der Waals surface area contributed by atoms with Crippen LogP contribution < -0.4 is 4.74 Å². The predicted octanol–water partition coefficient (Wildman–Crippen LogP) is 11.4. The van der Waals surface area contributed by atoms with Crippen LogP contribution in [0.3, 0.4) is 0 Å². The number of nitriles is 2. The van der Waals surface area contributed by atoms with Crippen LogP contribution in [0.5, 0.6) is 5.75 Å². The number of fused-ring (bicyclic) bond motifs is 10. The Morgan fingerprint density at radius 1 is 0.642 bits per heavy atom. The minimum absolute atomic E-state index is 0.0538. The van der Waals surface area contributed by atoms with Crippen molar-refractivity contribution in [3.8, 4) is 40.4 Å². The monoisotopic (exact) mass is 676 g/mol. The summed E-state index contributed by atoms with van der Waals surface area (Å²) in [5.41, 5.74) is 7.68. The van der Waals surface area contributed by atoms with Crippen LogP contribution in [0.1, 0.15) is 22.6 Å². The Hall–Kier alpha value is -7.84. The molecule has 2 aliphatic rings. The van der Waals surface area contributed by atoms with Gasteiger partial charge in [-0.3, -0.25) is 0 Å². The fourth-order valence-electron chi connectivity index (χ4n) is 8.45. The molecule has 0 saturated heterocycles. The highest BCUT2D eigenvalue weighted by molar-refractivity contribution is 6.13. The molecule has 2 atom stereocenters. The second-order valence-corrected chi connectivity index (χ2v) is 13.2. The Morgan fingerprint density at radius 2 is 1.30 bits per heavy atom. The number of ether oxygens (including phenoxy) is 1. The third-order valence-corrected chi connectivity index (χ3v) is 10.6. The molecular formula is C46H24N6O. The van der Waals surface area contributed by atoms with Gasteiger partial charge < -0.3 is 13.9 Å². The zero-order valence-electron chi connectivity index (χ0n) is 27.9. The van der Waals surface area contributed by atoms with E-state index < -0.39 is 0 Å². The van der Waals surface area contributed by atoms with Crippen LogP contribution in [-0.4, -0.2) is 15.2 Å². The number of para-hydroxylation sites is 3. The van der Waals surface area contributed by atoms with Gasteiger partial charge in [-0.25, -0.2) is 9.69 Å². The average molecular weight is 677 g/mol. The van der Waals surface area contributed by atoms with Crippen molar-refractivity contribution in [2.24, 2.45) is 0 Å². The van der Waals surface area contributed by atoms with Crippen molar-refractivity contribution >= 4 is 55.0 Å². The van der Waals surface area contributed by atoms with Gasteiger partial charge in [-0.1, -0.05) is 78.9 Å². The Bertz CT molecular complexity index is 3110. The van der Waals surface area contributed by atoms with Gasteiger partial charge in [0, 0.05) is 38.6 Å². The normalized spacial score (nSPS) is 15.5. The lowest BCUT2D eigenvalue weighted by atomic mass is 9.89. The average Bonchev–Trinajstić information content (AvgIpc) is 3.87. The summed E-state index contributed by atoms with van der Waals surface area (Å²) < 4.78 is 10.5. The molecular weight excluding hydrogens is 653 g/mol. The van der Waals surface area contributed by atoms with E-state index in [4.69, 9.17) is 17.9 Å². The van der Waals surface area contributed by atoms with Crippen molar-refractivity contribution in [2.75, 3.05) is 0 Å². The van der Waals surface area contributed by atoms with E-state index in [1.165, 1.54) is 0 Å². The van der Waals surface area contributed by atoms with Crippen LogP contribution in [0, 0.1) is 35.8 Å². The topological polar surface area (TPSA) is 75.4 Å². The van der Waals surface area contributed by atoms with E-state index in [-0.39, 0.29) is 29.0 Å². The predicted molar refractivity (Wildman–Crippen MR) is 208 cm³/mol. The molecule has 7 heteroatoms. The van der Waals surface area contributed by atoms with E-state index in [0.717, 1.165) is 54.9 Å². The second-order valence-electron chi connectivity index (χ2n) is 13.2. The lowest BCUT2D eigenvalue weighted by molar-refractivity contribution is 0.269. The minimum Gasteiger partial charge on any atom is -0.485 e. The van der Waals surface area contributed by atoms with Crippen molar-refractivity contribution in [1.29, 1.82) is 10.5 Å². The van der Waals surface area contributed by atoms with Crippen molar-refractivity contribution in [3.63, 3.8) is 0 Å². The fourth-order valence-corrected chi connectivity index (χ4v) is 8.45. The molecule has 2 unspecified atom stereocenters. The molecule has 8 aromatic rings. The molecule has 244 valence electrons. The molecule has 10 rings (SSSR count). The number of rotatable bonds is 3. The van der Waals surface area contributed by atoms with Gasteiger partial charge in [0.05, 0.1) is 63.8 Å². The zero-order valence-corrected chi connectivity index (χ0v) is 27.9. The number of allylic oxidation sites excluding steroid dienone is 2. The Balaban J connectivity index is 1.28. The minimum atomic E-state index is -0.0848. The summed E-state index contributed by atoms with van der Waals surface area (Å²) in [6.45, 7) is 16.4. The molecule has 1 aliphatic heterocycles. The summed E-state index contributed by atoms with van der Waals surface area (Å²) in [4.78, 5) is 7.77. The molecule has 2 aromatic heterocycles. The van der Waals surface area contributed by atoms with Gasteiger partial charge in [0.15, 0.2) is 5.69 Å². The van der Waals surface area contributed by atoms with E-state index in [2.05, 4.69) is 50.7 Å². The lowest BCUT2D eigenvalue weighted by Gasteiger charge is -2.18. The Morgan fingerprint density at radius 3 is 1.98 bits per heavy atom. The molecule has 0 N–H and O–H groups in total. The molecule has 0 fully saturated rings. The highest BCUT2D eigenvalue weighted by Gasteiger charge is 2.35. The van der Waals surface area contributed by atoms with E-state index in [0.29, 0.717) is 28.1 Å². The molecule has 0 radical (unpaired) electrons. The van der Waals surface area contributed by atoms with Crippen LogP contribution in [0.25, 0.3) is 75.8 Å². The quantitative estimate of drug-likeness (QED) is 0.175. The van der Waals surface area contributed by atoms with Gasteiger partial charge >= 0.3 is 0 Å². The second kappa shape index (κ2) is 11.3. The summed E-state index contributed by atoms with van der Waals surface area (Å²) in [5.74, 6) is 0.899. The Kier molecular flexibility index (Phi) is 6.43. The number of nitrogens with zero attached hydrogens (tertiary/aromatic N) is 6. The summed E-state index contributed by atoms with van der Waals surface area (Å²) in [6.07, 6.45) is 8.25. The van der Waals surface area contributed by atoms with Gasteiger partial charge in [-0.2, -0.15) is 10.5 Å². The van der Waals surface area contributed by atoms with Gasteiger partial charge in [0.2, 0.25) is 5.69 Å². The van der Waals surface area contributed by atoms with Crippen molar-refractivity contribution in [3.05, 3.63) is 173 Å². The highest BCUT2D eigenvalue weighted by Crippen LogP contribution is 2.50. The number of benzene rings is 6. The molecule has 3 heterocycles. The van der Waals surface area contributed by atoms with E-state index in [9.17, 15) is 10.5 Å². The van der Waals surface area contributed by atoms with Crippen LogP contribution in [0.4, 0.5) is 11.4 Å². The third kappa shape index (κ3) is 4.11. The highest BCUT2D eigenvalue weighted by atomic mass is 16.5. The first kappa shape index (κ1) is 30.0. The maximum absolute atomic E-state index is 11.1. The van der Waals surface area contributed by atoms with Gasteiger partial charge in [-0.05, 0) is 60.2 Å². The molecule has 53 heavy (non-hydrogen) atoms. The van der Waals surface area contributed by atoms with E-state index in [1.807, 2.05) is 102 Å². The van der Waals surface area contributed by atoms with Crippen LogP contribution in [0.15, 0.2) is 133 Å². The standard InChI is InChI=1S/C46H24N6O/c1-49-34-19-20-38(51-37-17-9-5-13-31(37)44-39(51)21-22-42-45(44)32-14-6-10-18-41(32)53-42)33(26-48)43(34)27-23-28(25-47)46(50-2)40(24-27)52-35-15-7-3-11-29(35)30-12-4-8-16-36(30)52/h3-24,32,41H. The maximum atomic E-state index is 11.1. The SMILES string of the molecule is [C-]#[N+]c1ccc(-n2c3ccccc3c3c4c(ccc32)OC2C=CC=CC42)c(C#N)c1-c1cc(C#N)c([N+]#[C-])c(-n2c3ccccc3c3ccccc32)c1. The molecule has 1 aliphatic carbocycles. The first-order chi connectivity index (χ1) is 26.1. The smallest absolute Gasteiger partial charge is 0.227 e. The van der Waals surface area contributed by atoms with E-state index >= 15 is 0 Å². The number of hydrogen-bond donors (Lipinski definition) is 0. The van der Waals surface area contributed by atoms with Gasteiger partial charge in [-0.15, -0.1) is 0 Å². The van der Waals surface area contributed by atoms with Crippen molar-refractivity contribution in [1.82, 2.24) is 9.13 Å². The number of hydrogen-bond acceptors (Lipinski definition) is 3. The zero-order chi connectivity index (χ0) is 35.8. The third-order valence-electron chi connectivity index (χ3n) is 10.6. The van der Waals surface area contributed by atoms with Crippen LogP contribution in [-0.2, 0) is 0 Å². The number of aromatic nitrogens is 2. The maximum Gasteiger partial charge on any atom is 0.227 e. The summed E-state index contributed by atoms with van der Waals surface area (Å²) in [7, 11) is 0. The summed E-state index contributed by atoms with van der Waals surface area (Å²) >= 11 is 0. The first-order valence-electron chi connectivity index (χ1n) is 17.1. The van der Waals surface area contributed by atoms with Crippen LogP contribution >= 0.6 is 0 Å². The molecule has 0 saturated carbocycles. The molecule has 0 amide bonds.